The number of benzene rings is 1. The maximum Gasteiger partial charge on any atom is 0.416 e. The summed E-state index contributed by atoms with van der Waals surface area (Å²) in [6, 6.07) is 4.26. The van der Waals surface area contributed by atoms with Crippen LogP contribution in [0.1, 0.15) is 17.2 Å². The van der Waals surface area contributed by atoms with Crippen molar-refractivity contribution in [3.05, 3.63) is 42.3 Å². The van der Waals surface area contributed by atoms with Gasteiger partial charge in [-0.2, -0.15) is 13.2 Å². The van der Waals surface area contributed by atoms with E-state index in [9.17, 15) is 13.2 Å². The molecule has 1 N–H and O–H groups in total. The molecule has 0 fully saturated rings. The van der Waals surface area contributed by atoms with Gasteiger partial charge in [0.25, 0.3) is 0 Å². The van der Waals surface area contributed by atoms with Gasteiger partial charge in [0.1, 0.15) is 0 Å². The number of hydrogen-bond donors (Lipinski definition) is 1. The van der Waals surface area contributed by atoms with E-state index in [2.05, 4.69) is 6.92 Å². The highest BCUT2D eigenvalue weighted by Crippen LogP contribution is 2.29. The largest absolute Gasteiger partial charge is 0.416 e. The third-order valence-electron chi connectivity index (χ3n) is 1.62. The maximum absolute atomic E-state index is 12.0. The zero-order chi connectivity index (χ0) is 10.1. The number of aliphatic hydroxyl groups is 1. The van der Waals surface area contributed by atoms with Crippen LogP contribution in [-0.4, -0.2) is 5.11 Å². The number of alkyl halides is 3. The molecule has 0 amide bonds. The molecule has 1 atom stereocenters. The Hall–Kier alpha value is -1.03. The first kappa shape index (κ1) is 10.1. The minimum atomic E-state index is -4.33. The van der Waals surface area contributed by atoms with Crippen LogP contribution < -0.4 is 0 Å². The van der Waals surface area contributed by atoms with Crippen molar-refractivity contribution in [2.24, 2.45) is 0 Å². The lowest BCUT2D eigenvalue weighted by Crippen LogP contribution is -2.04. The summed E-state index contributed by atoms with van der Waals surface area (Å²) in [5.41, 5.74) is -0.357. The van der Waals surface area contributed by atoms with Crippen molar-refractivity contribution in [2.75, 3.05) is 0 Å². The third kappa shape index (κ3) is 2.45. The smallest absolute Gasteiger partial charge is 0.388 e. The summed E-state index contributed by atoms with van der Waals surface area (Å²) in [6.07, 6.45) is -5.31. The maximum atomic E-state index is 12.0. The molecule has 0 saturated carbocycles. The predicted octanol–water partition coefficient (Wildman–Crippen LogP) is 2.57. The van der Waals surface area contributed by atoms with Crippen molar-refractivity contribution in [2.45, 2.75) is 12.3 Å². The van der Waals surface area contributed by atoms with Gasteiger partial charge in [0.05, 0.1) is 11.7 Å². The molecule has 1 unspecified atom stereocenters. The monoisotopic (exact) mass is 189 g/mol. The SMILES string of the molecule is [CH2]C(O)c1ccc(C(F)(F)F)cc1. The molecular formula is C9H8F3O. The van der Waals surface area contributed by atoms with Crippen LogP contribution in [0.4, 0.5) is 13.2 Å². The zero-order valence-corrected chi connectivity index (χ0v) is 6.67. The summed E-state index contributed by atoms with van der Waals surface area (Å²) in [7, 11) is 0. The van der Waals surface area contributed by atoms with Gasteiger partial charge < -0.3 is 5.11 Å². The molecule has 0 aliphatic heterocycles. The topological polar surface area (TPSA) is 20.2 Å². The van der Waals surface area contributed by atoms with Crippen LogP contribution in [0.5, 0.6) is 0 Å². The molecule has 1 aromatic rings. The molecule has 71 valence electrons. The molecule has 0 spiro atoms. The molecule has 4 heteroatoms. The summed E-state index contributed by atoms with van der Waals surface area (Å²) in [6.45, 7) is 3.27. The van der Waals surface area contributed by atoms with E-state index in [1.807, 2.05) is 0 Å². The Balaban J connectivity index is 2.94. The van der Waals surface area contributed by atoms with Crippen LogP contribution in [0.25, 0.3) is 0 Å². The minimum absolute atomic E-state index is 0.369. The molecule has 0 saturated heterocycles. The van der Waals surface area contributed by atoms with E-state index in [1.165, 1.54) is 12.1 Å². The zero-order valence-electron chi connectivity index (χ0n) is 6.67. The van der Waals surface area contributed by atoms with Crippen LogP contribution in [-0.2, 0) is 6.18 Å². The van der Waals surface area contributed by atoms with E-state index in [4.69, 9.17) is 5.11 Å². The van der Waals surface area contributed by atoms with Crippen LogP contribution in [0, 0.1) is 6.92 Å². The van der Waals surface area contributed by atoms with Gasteiger partial charge >= 0.3 is 6.18 Å². The molecule has 13 heavy (non-hydrogen) atoms. The predicted molar refractivity (Wildman–Crippen MR) is 41.8 cm³/mol. The van der Waals surface area contributed by atoms with Crippen LogP contribution in [0.15, 0.2) is 24.3 Å². The second kappa shape index (κ2) is 3.38. The molecule has 0 aromatic heterocycles. The van der Waals surface area contributed by atoms with Crippen molar-refractivity contribution in [1.29, 1.82) is 0 Å². The first-order chi connectivity index (χ1) is 5.91. The van der Waals surface area contributed by atoms with E-state index in [-0.39, 0.29) is 0 Å². The average molecular weight is 189 g/mol. The van der Waals surface area contributed by atoms with Crippen LogP contribution in [0.2, 0.25) is 0 Å². The van der Waals surface area contributed by atoms with E-state index in [1.54, 1.807) is 0 Å². The Labute approximate surface area is 73.8 Å². The van der Waals surface area contributed by atoms with Crippen molar-refractivity contribution in [1.82, 2.24) is 0 Å². The van der Waals surface area contributed by atoms with E-state index < -0.39 is 17.8 Å². The molecule has 0 aliphatic carbocycles. The lowest BCUT2D eigenvalue weighted by atomic mass is 10.1. The standard InChI is InChI=1S/C9H8F3O/c1-6(13)7-2-4-8(5-3-7)9(10,11)12/h2-6,13H,1H2. The van der Waals surface area contributed by atoms with Gasteiger partial charge in [-0.3, -0.25) is 0 Å². The Morgan fingerprint density at radius 3 is 1.92 bits per heavy atom. The van der Waals surface area contributed by atoms with Crippen LogP contribution >= 0.6 is 0 Å². The van der Waals surface area contributed by atoms with Gasteiger partial charge in [-0.1, -0.05) is 12.1 Å². The fraction of sp³-hybridized carbons (Fsp3) is 0.222. The molecule has 1 aromatic carbocycles. The highest BCUT2D eigenvalue weighted by molar-refractivity contribution is 5.26. The molecule has 1 nitrogen and oxygen atoms in total. The van der Waals surface area contributed by atoms with Gasteiger partial charge in [-0.05, 0) is 24.6 Å². The summed E-state index contributed by atoms with van der Waals surface area (Å²) in [5.74, 6) is 0. The van der Waals surface area contributed by atoms with Crippen molar-refractivity contribution in [3.8, 4) is 0 Å². The van der Waals surface area contributed by atoms with E-state index in [0.717, 1.165) is 12.1 Å². The average Bonchev–Trinajstić information content (AvgIpc) is 2.03. The van der Waals surface area contributed by atoms with Crippen LogP contribution in [0.3, 0.4) is 0 Å². The number of halogens is 3. The normalized spacial score (nSPS) is 14.2. The van der Waals surface area contributed by atoms with Crippen molar-refractivity contribution < 1.29 is 18.3 Å². The molecule has 0 heterocycles. The molecule has 1 rings (SSSR count). The minimum Gasteiger partial charge on any atom is -0.388 e. The quantitative estimate of drug-likeness (QED) is 0.719. The second-order valence-corrected chi connectivity index (χ2v) is 2.64. The number of hydrogen-bond acceptors (Lipinski definition) is 1. The third-order valence-corrected chi connectivity index (χ3v) is 1.62. The first-order valence-corrected chi connectivity index (χ1v) is 3.59. The van der Waals surface area contributed by atoms with Crippen molar-refractivity contribution in [3.63, 3.8) is 0 Å². The molecule has 1 radical (unpaired) electrons. The molecule has 0 aliphatic rings. The van der Waals surface area contributed by atoms with E-state index >= 15 is 0 Å². The van der Waals surface area contributed by atoms with E-state index in [0.29, 0.717) is 5.56 Å². The van der Waals surface area contributed by atoms with Gasteiger partial charge in [0, 0.05) is 0 Å². The lowest BCUT2D eigenvalue weighted by Gasteiger charge is -2.08. The summed E-state index contributed by atoms with van der Waals surface area (Å²) in [5, 5.41) is 8.93. The summed E-state index contributed by atoms with van der Waals surface area (Å²) < 4.78 is 36.1. The Morgan fingerprint density at radius 2 is 1.62 bits per heavy atom. The van der Waals surface area contributed by atoms with Gasteiger partial charge in [0.2, 0.25) is 0 Å². The lowest BCUT2D eigenvalue weighted by molar-refractivity contribution is -0.137. The first-order valence-electron chi connectivity index (χ1n) is 3.59. The highest BCUT2D eigenvalue weighted by atomic mass is 19.4. The Morgan fingerprint density at radius 1 is 1.15 bits per heavy atom. The highest BCUT2D eigenvalue weighted by Gasteiger charge is 2.29. The summed E-state index contributed by atoms with van der Waals surface area (Å²) >= 11 is 0. The Kier molecular flexibility index (Phi) is 2.61. The van der Waals surface area contributed by atoms with Gasteiger partial charge in [-0.25, -0.2) is 0 Å². The van der Waals surface area contributed by atoms with Gasteiger partial charge in [-0.15, -0.1) is 0 Å². The number of aliphatic hydroxyl groups excluding tert-OH is 1. The molecular weight excluding hydrogens is 181 g/mol. The fourth-order valence-corrected chi connectivity index (χ4v) is 0.894. The fourth-order valence-electron chi connectivity index (χ4n) is 0.894. The number of rotatable bonds is 1. The Bertz CT molecular complexity index is 274. The second-order valence-electron chi connectivity index (χ2n) is 2.64. The van der Waals surface area contributed by atoms with Gasteiger partial charge in [0.15, 0.2) is 0 Å². The van der Waals surface area contributed by atoms with Crippen molar-refractivity contribution >= 4 is 0 Å². The summed E-state index contributed by atoms with van der Waals surface area (Å²) in [4.78, 5) is 0. The molecule has 0 bridgehead atoms.